The van der Waals surface area contributed by atoms with Crippen LogP contribution in [0.4, 0.5) is 5.69 Å². The van der Waals surface area contributed by atoms with Crippen molar-refractivity contribution in [1.29, 1.82) is 0 Å². The third kappa shape index (κ3) is 2.47. The van der Waals surface area contributed by atoms with Crippen LogP contribution < -0.4 is 11.3 Å². The van der Waals surface area contributed by atoms with Gasteiger partial charge in [0.05, 0.1) is 12.1 Å². The van der Waals surface area contributed by atoms with Crippen molar-refractivity contribution in [2.45, 2.75) is 6.54 Å². The van der Waals surface area contributed by atoms with E-state index in [4.69, 9.17) is 5.73 Å². The zero-order valence-electron chi connectivity index (χ0n) is 10.7. The van der Waals surface area contributed by atoms with Gasteiger partial charge in [-0.15, -0.1) is 0 Å². The summed E-state index contributed by atoms with van der Waals surface area (Å²) in [7, 11) is 0. The van der Waals surface area contributed by atoms with Crippen LogP contribution in [-0.2, 0) is 6.54 Å². The molecular formula is C16H13BrN2O. The Balaban J connectivity index is 2.12. The molecule has 1 aromatic heterocycles. The highest BCUT2D eigenvalue weighted by atomic mass is 79.9. The van der Waals surface area contributed by atoms with E-state index in [9.17, 15) is 4.79 Å². The molecular weight excluding hydrogens is 316 g/mol. The highest BCUT2D eigenvalue weighted by molar-refractivity contribution is 9.10. The largest absolute Gasteiger partial charge is 0.399 e. The maximum absolute atomic E-state index is 12.1. The van der Waals surface area contributed by atoms with E-state index in [1.807, 2.05) is 48.5 Å². The predicted octanol–water partition coefficient (Wildman–Crippen LogP) is 3.39. The number of pyridine rings is 1. The fourth-order valence-electron chi connectivity index (χ4n) is 2.24. The Kier molecular flexibility index (Phi) is 3.32. The fraction of sp³-hybridized carbons (Fsp3) is 0.0625. The molecule has 3 aromatic rings. The molecule has 0 aliphatic carbocycles. The quantitative estimate of drug-likeness (QED) is 0.733. The number of rotatable bonds is 2. The van der Waals surface area contributed by atoms with E-state index in [-0.39, 0.29) is 5.56 Å². The van der Waals surface area contributed by atoms with Crippen LogP contribution in [0.3, 0.4) is 0 Å². The van der Waals surface area contributed by atoms with Crippen molar-refractivity contribution in [3.8, 4) is 0 Å². The lowest BCUT2D eigenvalue weighted by atomic mass is 10.1. The molecule has 2 aromatic carbocycles. The van der Waals surface area contributed by atoms with Crippen LogP contribution in [0.5, 0.6) is 0 Å². The minimum atomic E-state index is -0.00310. The molecule has 0 amide bonds. The van der Waals surface area contributed by atoms with Gasteiger partial charge in [-0.1, -0.05) is 28.1 Å². The van der Waals surface area contributed by atoms with Crippen molar-refractivity contribution in [1.82, 2.24) is 4.57 Å². The van der Waals surface area contributed by atoms with E-state index in [2.05, 4.69) is 15.9 Å². The standard InChI is InChI=1S/C16H13BrN2O/c17-13-4-7-15-12(9-13)3-8-16(20)19(15)10-11-1-5-14(18)6-2-11/h1-9H,10,18H2. The average molecular weight is 329 g/mol. The Bertz CT molecular complexity index is 822. The van der Waals surface area contributed by atoms with E-state index in [1.54, 1.807) is 10.6 Å². The fourth-order valence-corrected chi connectivity index (χ4v) is 2.62. The lowest BCUT2D eigenvalue weighted by molar-refractivity contribution is 0.795. The number of aromatic nitrogens is 1. The second-order valence-electron chi connectivity index (χ2n) is 4.70. The van der Waals surface area contributed by atoms with Gasteiger partial charge in [-0.05, 0) is 47.3 Å². The normalized spacial score (nSPS) is 10.8. The minimum absolute atomic E-state index is 0.00310. The Morgan fingerprint density at radius 1 is 1.00 bits per heavy atom. The van der Waals surface area contributed by atoms with Gasteiger partial charge in [0.1, 0.15) is 0 Å². The van der Waals surface area contributed by atoms with Crippen LogP contribution in [0, 0.1) is 0 Å². The smallest absolute Gasteiger partial charge is 0.251 e. The average Bonchev–Trinajstić information content (AvgIpc) is 2.44. The molecule has 0 saturated carbocycles. The first-order valence-electron chi connectivity index (χ1n) is 6.27. The van der Waals surface area contributed by atoms with Crippen LogP contribution in [0.2, 0.25) is 0 Å². The summed E-state index contributed by atoms with van der Waals surface area (Å²) < 4.78 is 2.77. The zero-order valence-corrected chi connectivity index (χ0v) is 12.3. The number of nitrogens with zero attached hydrogens (tertiary/aromatic N) is 1. The second-order valence-corrected chi connectivity index (χ2v) is 5.62. The number of nitrogens with two attached hydrogens (primary N) is 1. The van der Waals surface area contributed by atoms with Gasteiger partial charge in [0.15, 0.2) is 0 Å². The van der Waals surface area contributed by atoms with E-state index < -0.39 is 0 Å². The highest BCUT2D eigenvalue weighted by Crippen LogP contribution is 2.19. The molecule has 100 valence electrons. The van der Waals surface area contributed by atoms with Gasteiger partial charge in [-0.25, -0.2) is 0 Å². The third-order valence-corrected chi connectivity index (χ3v) is 3.77. The first kappa shape index (κ1) is 12.9. The summed E-state index contributed by atoms with van der Waals surface area (Å²) in [5.74, 6) is 0. The third-order valence-electron chi connectivity index (χ3n) is 3.27. The molecule has 0 unspecified atom stereocenters. The van der Waals surface area contributed by atoms with Crippen molar-refractivity contribution in [3.05, 3.63) is 75.0 Å². The minimum Gasteiger partial charge on any atom is -0.399 e. The number of fused-ring (bicyclic) bond motifs is 1. The molecule has 0 bridgehead atoms. The summed E-state index contributed by atoms with van der Waals surface area (Å²) >= 11 is 3.45. The molecule has 0 aliphatic rings. The van der Waals surface area contributed by atoms with E-state index >= 15 is 0 Å². The second kappa shape index (κ2) is 5.13. The number of halogens is 1. The SMILES string of the molecule is Nc1ccc(Cn2c(=O)ccc3cc(Br)ccc32)cc1. The molecule has 1 heterocycles. The first-order chi connectivity index (χ1) is 9.63. The first-order valence-corrected chi connectivity index (χ1v) is 7.06. The van der Waals surface area contributed by atoms with Gasteiger partial charge < -0.3 is 10.3 Å². The molecule has 4 heteroatoms. The number of nitrogen functional groups attached to an aromatic ring is 1. The van der Waals surface area contributed by atoms with Gasteiger partial charge in [0.2, 0.25) is 0 Å². The summed E-state index contributed by atoms with van der Waals surface area (Å²) in [6, 6.07) is 16.9. The van der Waals surface area contributed by atoms with E-state index in [0.29, 0.717) is 6.54 Å². The lowest BCUT2D eigenvalue weighted by Gasteiger charge is -2.10. The topological polar surface area (TPSA) is 48.0 Å². The van der Waals surface area contributed by atoms with Crippen molar-refractivity contribution < 1.29 is 0 Å². The van der Waals surface area contributed by atoms with E-state index in [1.165, 1.54) is 0 Å². The van der Waals surface area contributed by atoms with Crippen molar-refractivity contribution in [3.63, 3.8) is 0 Å². The number of anilines is 1. The molecule has 20 heavy (non-hydrogen) atoms. The Morgan fingerprint density at radius 3 is 2.50 bits per heavy atom. The molecule has 0 radical (unpaired) electrons. The van der Waals surface area contributed by atoms with Crippen LogP contribution in [0.1, 0.15) is 5.56 Å². The summed E-state index contributed by atoms with van der Waals surface area (Å²) in [5.41, 5.74) is 8.39. The number of hydrogen-bond donors (Lipinski definition) is 1. The van der Waals surface area contributed by atoms with Crippen molar-refractivity contribution >= 4 is 32.5 Å². The van der Waals surface area contributed by atoms with Crippen molar-refractivity contribution in [2.75, 3.05) is 5.73 Å². The van der Waals surface area contributed by atoms with Crippen molar-refractivity contribution in [2.24, 2.45) is 0 Å². The molecule has 0 aliphatic heterocycles. The van der Waals surface area contributed by atoms with Gasteiger partial charge in [0.25, 0.3) is 5.56 Å². The molecule has 0 saturated heterocycles. The Hall–Kier alpha value is -2.07. The Morgan fingerprint density at radius 2 is 1.75 bits per heavy atom. The van der Waals surface area contributed by atoms with Crippen LogP contribution in [0.15, 0.2) is 63.9 Å². The van der Waals surface area contributed by atoms with Gasteiger partial charge >= 0.3 is 0 Å². The van der Waals surface area contributed by atoms with Crippen LogP contribution >= 0.6 is 15.9 Å². The number of hydrogen-bond acceptors (Lipinski definition) is 2. The monoisotopic (exact) mass is 328 g/mol. The van der Waals surface area contributed by atoms with Crippen LogP contribution in [0.25, 0.3) is 10.9 Å². The summed E-state index contributed by atoms with van der Waals surface area (Å²) in [5, 5.41) is 1.04. The molecule has 3 nitrogen and oxygen atoms in total. The molecule has 3 rings (SSSR count). The van der Waals surface area contributed by atoms with Gasteiger partial charge in [-0.2, -0.15) is 0 Å². The zero-order chi connectivity index (χ0) is 14.1. The van der Waals surface area contributed by atoms with E-state index in [0.717, 1.165) is 26.6 Å². The maximum atomic E-state index is 12.1. The number of benzene rings is 2. The summed E-state index contributed by atoms with van der Waals surface area (Å²) in [4.78, 5) is 12.1. The van der Waals surface area contributed by atoms with Gasteiger partial charge in [-0.3, -0.25) is 4.79 Å². The maximum Gasteiger partial charge on any atom is 0.251 e. The van der Waals surface area contributed by atoms with Crippen LogP contribution in [-0.4, -0.2) is 4.57 Å². The summed E-state index contributed by atoms with van der Waals surface area (Å²) in [6.07, 6.45) is 0. The van der Waals surface area contributed by atoms with Gasteiger partial charge in [0, 0.05) is 16.2 Å². The Labute approximate surface area is 124 Å². The molecule has 2 N–H and O–H groups in total. The molecule has 0 fully saturated rings. The summed E-state index contributed by atoms with van der Waals surface area (Å²) in [6.45, 7) is 0.540. The lowest BCUT2D eigenvalue weighted by Crippen LogP contribution is -2.19. The predicted molar refractivity (Wildman–Crippen MR) is 85.9 cm³/mol. The highest BCUT2D eigenvalue weighted by Gasteiger charge is 2.04. The molecule has 0 spiro atoms. The molecule has 0 atom stereocenters.